The van der Waals surface area contributed by atoms with Crippen molar-refractivity contribution in [1.29, 1.82) is 0 Å². The Hall–Kier alpha value is -3.00. The van der Waals surface area contributed by atoms with E-state index in [1.807, 2.05) is 24.3 Å². The number of nitrogens with one attached hydrogen (secondary N) is 1. The maximum Gasteiger partial charge on any atom is 0.278 e. The molecule has 2 atom stereocenters. The van der Waals surface area contributed by atoms with E-state index in [2.05, 4.69) is 36.3 Å². The molecule has 0 saturated heterocycles. The van der Waals surface area contributed by atoms with Gasteiger partial charge in [-0.3, -0.25) is 10.0 Å². The maximum atomic E-state index is 12.3. The van der Waals surface area contributed by atoms with Crippen LogP contribution in [0.3, 0.4) is 0 Å². The first-order valence-corrected chi connectivity index (χ1v) is 10.3. The van der Waals surface area contributed by atoms with Gasteiger partial charge in [0, 0.05) is 6.07 Å². The summed E-state index contributed by atoms with van der Waals surface area (Å²) in [5, 5.41) is 23.6. The number of hydrogen-bond acceptors (Lipinski definition) is 6. The summed E-state index contributed by atoms with van der Waals surface area (Å²) in [5.74, 6) is -0.399. The molecule has 0 aliphatic rings. The SMILES string of the molecule is CCCc1ccc(-c2ccc(CO[C@](C)(C(=O)NO)[C@H](O)c3cc(C)on3)cc2)cc1. The van der Waals surface area contributed by atoms with E-state index in [4.69, 9.17) is 14.5 Å². The molecule has 2 aromatic carbocycles. The van der Waals surface area contributed by atoms with Gasteiger partial charge in [0.25, 0.3) is 5.91 Å². The van der Waals surface area contributed by atoms with Gasteiger partial charge in [0.1, 0.15) is 17.6 Å². The van der Waals surface area contributed by atoms with Crippen LogP contribution in [-0.2, 0) is 22.6 Å². The van der Waals surface area contributed by atoms with Crippen molar-refractivity contribution < 1.29 is 24.4 Å². The number of rotatable bonds is 9. The zero-order chi connectivity index (χ0) is 22.4. The highest BCUT2D eigenvalue weighted by molar-refractivity contribution is 5.84. The number of ether oxygens (including phenoxy) is 1. The van der Waals surface area contributed by atoms with Crippen molar-refractivity contribution in [2.45, 2.75) is 51.9 Å². The van der Waals surface area contributed by atoms with Crippen LogP contribution in [0, 0.1) is 6.92 Å². The quantitative estimate of drug-likeness (QED) is 0.353. The molecule has 3 N–H and O–H groups in total. The van der Waals surface area contributed by atoms with E-state index >= 15 is 0 Å². The molecular formula is C24H28N2O5. The normalized spacial score (nSPS) is 14.1. The third-order valence-corrected chi connectivity index (χ3v) is 5.32. The molecule has 0 aliphatic carbocycles. The number of nitrogens with zero attached hydrogens (tertiary/aromatic N) is 1. The van der Waals surface area contributed by atoms with E-state index in [0.717, 1.165) is 29.5 Å². The van der Waals surface area contributed by atoms with Gasteiger partial charge in [-0.05, 0) is 42.5 Å². The summed E-state index contributed by atoms with van der Waals surface area (Å²) in [7, 11) is 0. The Morgan fingerprint density at radius 2 is 1.71 bits per heavy atom. The monoisotopic (exact) mass is 424 g/mol. The molecule has 1 heterocycles. The summed E-state index contributed by atoms with van der Waals surface area (Å²) in [5.41, 5.74) is 4.25. The van der Waals surface area contributed by atoms with Gasteiger partial charge in [-0.2, -0.15) is 0 Å². The molecule has 3 rings (SSSR count). The molecule has 1 amide bonds. The van der Waals surface area contributed by atoms with Crippen LogP contribution >= 0.6 is 0 Å². The van der Waals surface area contributed by atoms with E-state index in [1.54, 1.807) is 12.4 Å². The largest absolute Gasteiger partial charge is 0.383 e. The van der Waals surface area contributed by atoms with Gasteiger partial charge in [-0.25, -0.2) is 5.48 Å². The van der Waals surface area contributed by atoms with Crippen molar-refractivity contribution in [3.05, 3.63) is 77.2 Å². The molecule has 0 spiro atoms. The van der Waals surface area contributed by atoms with E-state index in [1.165, 1.54) is 18.6 Å². The van der Waals surface area contributed by atoms with Crippen LogP contribution in [0.5, 0.6) is 0 Å². The average Bonchev–Trinajstić information content (AvgIpc) is 3.23. The first-order chi connectivity index (χ1) is 14.9. The lowest BCUT2D eigenvalue weighted by Gasteiger charge is -2.31. The maximum absolute atomic E-state index is 12.3. The van der Waals surface area contributed by atoms with Crippen LogP contribution < -0.4 is 5.48 Å². The van der Waals surface area contributed by atoms with Crippen LogP contribution in [0.2, 0.25) is 0 Å². The van der Waals surface area contributed by atoms with E-state index < -0.39 is 17.6 Å². The summed E-state index contributed by atoms with van der Waals surface area (Å²) in [4.78, 5) is 12.3. The van der Waals surface area contributed by atoms with Crippen LogP contribution in [0.25, 0.3) is 11.1 Å². The molecule has 0 unspecified atom stereocenters. The zero-order valence-electron chi connectivity index (χ0n) is 18.0. The average molecular weight is 424 g/mol. The van der Waals surface area contributed by atoms with Crippen LogP contribution in [0.15, 0.2) is 59.1 Å². The number of aromatic nitrogens is 1. The molecule has 0 radical (unpaired) electrons. The highest BCUT2D eigenvalue weighted by atomic mass is 16.5. The number of benzene rings is 2. The number of hydrogen-bond donors (Lipinski definition) is 3. The Morgan fingerprint density at radius 1 is 1.13 bits per heavy atom. The molecule has 3 aromatic rings. The highest BCUT2D eigenvalue weighted by Crippen LogP contribution is 2.31. The number of aliphatic hydroxyl groups is 1. The van der Waals surface area contributed by atoms with Gasteiger partial charge in [0.2, 0.25) is 0 Å². The van der Waals surface area contributed by atoms with Crippen molar-refractivity contribution in [3.63, 3.8) is 0 Å². The predicted octanol–water partition coefficient (Wildman–Crippen LogP) is 4.12. The molecule has 7 heteroatoms. The molecule has 0 saturated carbocycles. The van der Waals surface area contributed by atoms with Gasteiger partial charge in [-0.15, -0.1) is 0 Å². The van der Waals surface area contributed by atoms with Crippen molar-refractivity contribution >= 4 is 5.91 Å². The molecule has 0 bridgehead atoms. The van der Waals surface area contributed by atoms with Crippen molar-refractivity contribution in [3.8, 4) is 11.1 Å². The van der Waals surface area contributed by atoms with Gasteiger partial charge in [-0.1, -0.05) is 67.0 Å². The summed E-state index contributed by atoms with van der Waals surface area (Å²) in [6.45, 7) is 5.27. The molecular weight excluding hydrogens is 396 g/mol. The van der Waals surface area contributed by atoms with Crippen molar-refractivity contribution in [1.82, 2.24) is 10.6 Å². The predicted molar refractivity (Wildman–Crippen MR) is 115 cm³/mol. The first kappa shape index (κ1) is 22.7. The van der Waals surface area contributed by atoms with Crippen LogP contribution in [-0.4, -0.2) is 27.0 Å². The van der Waals surface area contributed by atoms with Gasteiger partial charge >= 0.3 is 0 Å². The Bertz CT molecular complexity index is 998. The number of amides is 1. The van der Waals surface area contributed by atoms with Crippen LogP contribution in [0.4, 0.5) is 0 Å². The Labute approximate surface area is 181 Å². The van der Waals surface area contributed by atoms with Crippen LogP contribution in [0.1, 0.15) is 49.0 Å². The summed E-state index contributed by atoms with van der Waals surface area (Å²) >= 11 is 0. The molecule has 7 nitrogen and oxygen atoms in total. The first-order valence-electron chi connectivity index (χ1n) is 10.3. The highest BCUT2D eigenvalue weighted by Gasteiger charge is 2.44. The smallest absolute Gasteiger partial charge is 0.278 e. The van der Waals surface area contributed by atoms with Crippen molar-refractivity contribution in [2.24, 2.45) is 0 Å². The molecule has 0 fully saturated rings. The lowest BCUT2D eigenvalue weighted by atomic mass is 9.95. The topological polar surface area (TPSA) is 105 Å². The molecule has 1 aromatic heterocycles. The number of hydroxylamine groups is 1. The van der Waals surface area contributed by atoms with E-state index in [0.29, 0.717) is 5.76 Å². The van der Waals surface area contributed by atoms with E-state index in [-0.39, 0.29) is 12.3 Å². The lowest BCUT2D eigenvalue weighted by molar-refractivity contribution is -0.174. The number of carbonyl (C=O) groups excluding carboxylic acids is 1. The number of carbonyl (C=O) groups is 1. The standard InChI is InChI=1S/C24H28N2O5/c1-4-5-17-6-10-19(11-7-17)20-12-8-18(9-13-20)15-30-24(3,23(28)25-29)22(27)21-14-16(2)31-26-21/h6-14,22,27,29H,4-5,15H2,1-3H3,(H,25,28)/t22-,24+/m1/s1. The fraction of sp³-hybridized carbons (Fsp3) is 0.333. The second-order valence-corrected chi connectivity index (χ2v) is 7.75. The van der Waals surface area contributed by atoms with Gasteiger partial charge in [0.15, 0.2) is 5.60 Å². The zero-order valence-corrected chi connectivity index (χ0v) is 18.0. The third kappa shape index (κ3) is 5.19. The lowest BCUT2D eigenvalue weighted by Crippen LogP contribution is -2.50. The summed E-state index contributed by atoms with van der Waals surface area (Å²) in [6.07, 6.45) is 0.751. The summed E-state index contributed by atoms with van der Waals surface area (Å²) < 4.78 is 10.8. The number of aliphatic hydroxyl groups excluding tert-OH is 1. The molecule has 31 heavy (non-hydrogen) atoms. The molecule has 164 valence electrons. The third-order valence-electron chi connectivity index (χ3n) is 5.32. The Balaban J connectivity index is 1.72. The molecule has 0 aliphatic heterocycles. The summed E-state index contributed by atoms with van der Waals surface area (Å²) in [6, 6.07) is 17.8. The van der Waals surface area contributed by atoms with Crippen molar-refractivity contribution in [2.75, 3.05) is 0 Å². The second-order valence-electron chi connectivity index (χ2n) is 7.75. The Morgan fingerprint density at radius 3 is 2.19 bits per heavy atom. The second kappa shape index (κ2) is 9.87. The minimum atomic E-state index is -1.77. The minimum Gasteiger partial charge on any atom is -0.383 e. The fourth-order valence-electron chi connectivity index (χ4n) is 3.36. The van der Waals surface area contributed by atoms with Gasteiger partial charge < -0.3 is 14.4 Å². The van der Waals surface area contributed by atoms with Gasteiger partial charge in [0.05, 0.1) is 6.61 Å². The number of aryl methyl sites for hydroxylation is 2. The minimum absolute atomic E-state index is 0.0491. The van der Waals surface area contributed by atoms with E-state index in [9.17, 15) is 9.90 Å². The Kier molecular flexibility index (Phi) is 7.22. The fourth-order valence-corrected chi connectivity index (χ4v) is 3.36.